The lowest BCUT2D eigenvalue weighted by atomic mass is 10.1. The Morgan fingerprint density at radius 1 is 1.29 bits per heavy atom. The molecule has 4 nitrogen and oxygen atoms in total. The van der Waals surface area contributed by atoms with Crippen LogP contribution in [-0.4, -0.2) is 24.0 Å². The lowest BCUT2D eigenvalue weighted by molar-refractivity contribution is -0.149. The average Bonchev–Trinajstić information content (AvgIpc) is 3.18. The molecule has 1 aromatic heterocycles. The second-order valence-electron chi connectivity index (χ2n) is 5.82. The van der Waals surface area contributed by atoms with Gasteiger partial charge in [0.05, 0.1) is 0 Å². The highest BCUT2D eigenvalue weighted by Gasteiger charge is 2.34. The van der Waals surface area contributed by atoms with Gasteiger partial charge in [0.15, 0.2) is 6.10 Å². The molecule has 2 heterocycles. The zero-order chi connectivity index (χ0) is 17.1. The molecule has 0 aliphatic carbocycles. The van der Waals surface area contributed by atoms with Crippen LogP contribution in [0.3, 0.4) is 0 Å². The summed E-state index contributed by atoms with van der Waals surface area (Å²) < 4.78 is 5.27. The Morgan fingerprint density at radius 3 is 2.83 bits per heavy atom. The molecule has 0 saturated heterocycles. The van der Waals surface area contributed by atoms with Gasteiger partial charge in [-0.3, -0.25) is 4.79 Å². The summed E-state index contributed by atoms with van der Waals surface area (Å²) in [6.45, 7) is 3.62. The number of nitrogens with zero attached hydrogens (tertiary/aromatic N) is 1. The lowest BCUT2D eigenvalue weighted by Gasteiger charge is -2.25. The molecule has 2 atom stereocenters. The SMILES string of the molecule is C[C@@H]1Cc2ccccc2N1C(=O)[C@@H](C)OC(=O)/C=C/c1cccs1. The number of hydrogen-bond donors (Lipinski definition) is 0. The third kappa shape index (κ3) is 3.41. The molecule has 0 saturated carbocycles. The molecule has 0 radical (unpaired) electrons. The number of rotatable bonds is 4. The molecular formula is C19H19NO3S. The minimum atomic E-state index is -0.820. The van der Waals surface area contributed by atoms with Crippen LogP contribution in [0, 0.1) is 0 Å². The Labute approximate surface area is 145 Å². The molecule has 124 valence electrons. The standard InChI is InChI=1S/C19H19NO3S/c1-13-12-15-6-3-4-8-17(15)20(13)19(22)14(2)23-18(21)10-9-16-7-5-11-24-16/h3-11,13-14H,12H2,1-2H3/b10-9+/t13-,14-/m1/s1. The number of carbonyl (C=O) groups is 2. The Hall–Kier alpha value is -2.40. The van der Waals surface area contributed by atoms with Crippen molar-refractivity contribution in [3.05, 3.63) is 58.3 Å². The smallest absolute Gasteiger partial charge is 0.331 e. The molecular weight excluding hydrogens is 322 g/mol. The van der Waals surface area contributed by atoms with Gasteiger partial charge in [0.2, 0.25) is 0 Å². The second-order valence-corrected chi connectivity index (χ2v) is 6.80. The van der Waals surface area contributed by atoms with E-state index in [4.69, 9.17) is 4.74 Å². The molecule has 2 aromatic rings. The van der Waals surface area contributed by atoms with Gasteiger partial charge in [0.1, 0.15) is 0 Å². The monoisotopic (exact) mass is 341 g/mol. The van der Waals surface area contributed by atoms with Gasteiger partial charge in [-0.2, -0.15) is 0 Å². The fraction of sp³-hybridized carbons (Fsp3) is 0.263. The van der Waals surface area contributed by atoms with E-state index in [0.29, 0.717) is 0 Å². The molecule has 5 heteroatoms. The molecule has 0 N–H and O–H groups in total. The Bertz CT molecular complexity index is 767. The van der Waals surface area contributed by atoms with E-state index < -0.39 is 12.1 Å². The predicted octanol–water partition coefficient (Wildman–Crippen LogP) is 3.67. The first-order valence-corrected chi connectivity index (χ1v) is 8.77. The van der Waals surface area contributed by atoms with Crippen molar-refractivity contribution in [1.82, 2.24) is 0 Å². The first kappa shape index (κ1) is 16.5. The van der Waals surface area contributed by atoms with Crippen LogP contribution >= 0.6 is 11.3 Å². The lowest BCUT2D eigenvalue weighted by Crippen LogP contribution is -2.43. The predicted molar refractivity (Wildman–Crippen MR) is 96.0 cm³/mol. The first-order chi connectivity index (χ1) is 11.6. The number of fused-ring (bicyclic) bond motifs is 1. The summed E-state index contributed by atoms with van der Waals surface area (Å²) in [7, 11) is 0. The quantitative estimate of drug-likeness (QED) is 0.630. The normalized spacial score (nSPS) is 17.8. The van der Waals surface area contributed by atoms with E-state index in [1.807, 2.05) is 48.7 Å². The highest BCUT2D eigenvalue weighted by Crippen LogP contribution is 2.32. The minimum absolute atomic E-state index is 0.0673. The van der Waals surface area contributed by atoms with Crippen LogP contribution in [0.5, 0.6) is 0 Å². The van der Waals surface area contributed by atoms with Crippen LogP contribution in [0.2, 0.25) is 0 Å². The number of amides is 1. The van der Waals surface area contributed by atoms with Crippen LogP contribution in [0.1, 0.15) is 24.3 Å². The molecule has 0 unspecified atom stereocenters. The zero-order valence-corrected chi connectivity index (χ0v) is 14.5. The molecule has 0 spiro atoms. The van der Waals surface area contributed by atoms with Crippen molar-refractivity contribution >= 4 is 35.0 Å². The summed E-state index contributed by atoms with van der Waals surface area (Å²) in [6.07, 6.45) is 3.05. The van der Waals surface area contributed by atoms with Crippen LogP contribution in [-0.2, 0) is 20.7 Å². The van der Waals surface area contributed by atoms with E-state index in [9.17, 15) is 9.59 Å². The second kappa shape index (κ2) is 7.01. The van der Waals surface area contributed by atoms with Crippen LogP contribution < -0.4 is 4.90 Å². The molecule has 1 aliphatic heterocycles. The third-order valence-corrected chi connectivity index (χ3v) is 4.85. The van der Waals surface area contributed by atoms with E-state index in [1.54, 1.807) is 17.9 Å². The number of carbonyl (C=O) groups excluding carboxylic acids is 2. The van der Waals surface area contributed by atoms with E-state index >= 15 is 0 Å². The van der Waals surface area contributed by atoms with Crippen LogP contribution in [0.15, 0.2) is 47.9 Å². The molecule has 3 rings (SSSR count). The highest BCUT2D eigenvalue weighted by atomic mass is 32.1. The molecule has 0 fully saturated rings. The average molecular weight is 341 g/mol. The topological polar surface area (TPSA) is 46.6 Å². The fourth-order valence-corrected chi connectivity index (χ4v) is 3.52. The number of para-hydroxylation sites is 1. The largest absolute Gasteiger partial charge is 0.449 e. The van der Waals surface area contributed by atoms with Crippen molar-refractivity contribution in [2.24, 2.45) is 0 Å². The number of hydrogen-bond acceptors (Lipinski definition) is 4. The molecule has 1 aliphatic rings. The molecule has 0 bridgehead atoms. The fourth-order valence-electron chi connectivity index (χ4n) is 2.90. The molecule has 1 amide bonds. The summed E-state index contributed by atoms with van der Waals surface area (Å²) in [4.78, 5) is 27.3. The van der Waals surface area contributed by atoms with Crippen molar-refractivity contribution in [2.75, 3.05) is 4.90 Å². The maximum absolute atomic E-state index is 12.7. The van der Waals surface area contributed by atoms with E-state index in [2.05, 4.69) is 0 Å². The van der Waals surface area contributed by atoms with E-state index in [1.165, 1.54) is 17.4 Å². The number of ether oxygens (including phenoxy) is 1. The van der Waals surface area contributed by atoms with Crippen molar-refractivity contribution in [2.45, 2.75) is 32.4 Å². The van der Waals surface area contributed by atoms with Crippen molar-refractivity contribution in [1.29, 1.82) is 0 Å². The van der Waals surface area contributed by atoms with Crippen molar-refractivity contribution < 1.29 is 14.3 Å². The summed E-state index contributed by atoms with van der Waals surface area (Å²) in [6, 6.07) is 11.7. The Balaban J connectivity index is 1.66. The molecule has 1 aromatic carbocycles. The van der Waals surface area contributed by atoms with Crippen molar-refractivity contribution in [3.63, 3.8) is 0 Å². The van der Waals surface area contributed by atoms with Gasteiger partial charge in [-0.05, 0) is 49.4 Å². The first-order valence-electron chi connectivity index (χ1n) is 7.89. The summed E-state index contributed by atoms with van der Waals surface area (Å²) >= 11 is 1.53. The van der Waals surface area contributed by atoms with Gasteiger partial charge in [0.25, 0.3) is 5.91 Å². The van der Waals surface area contributed by atoms with Gasteiger partial charge in [-0.1, -0.05) is 24.3 Å². The summed E-state index contributed by atoms with van der Waals surface area (Å²) in [5, 5.41) is 1.93. The maximum Gasteiger partial charge on any atom is 0.331 e. The Kier molecular flexibility index (Phi) is 4.81. The van der Waals surface area contributed by atoms with E-state index in [-0.39, 0.29) is 11.9 Å². The minimum Gasteiger partial charge on any atom is -0.449 e. The van der Waals surface area contributed by atoms with Gasteiger partial charge in [0, 0.05) is 22.7 Å². The third-order valence-electron chi connectivity index (χ3n) is 4.01. The summed E-state index contributed by atoms with van der Waals surface area (Å²) in [5.74, 6) is -0.699. The number of esters is 1. The van der Waals surface area contributed by atoms with E-state index in [0.717, 1.165) is 22.5 Å². The van der Waals surface area contributed by atoms with Crippen LogP contribution in [0.4, 0.5) is 5.69 Å². The number of thiophene rings is 1. The van der Waals surface area contributed by atoms with Gasteiger partial charge in [-0.25, -0.2) is 4.79 Å². The maximum atomic E-state index is 12.7. The number of benzene rings is 1. The Morgan fingerprint density at radius 2 is 2.08 bits per heavy atom. The zero-order valence-electron chi connectivity index (χ0n) is 13.6. The van der Waals surface area contributed by atoms with Gasteiger partial charge < -0.3 is 9.64 Å². The van der Waals surface area contributed by atoms with Gasteiger partial charge in [-0.15, -0.1) is 11.3 Å². The molecule has 24 heavy (non-hydrogen) atoms. The van der Waals surface area contributed by atoms with Crippen LogP contribution in [0.25, 0.3) is 6.08 Å². The summed E-state index contributed by atoms with van der Waals surface area (Å²) in [5.41, 5.74) is 2.06. The van der Waals surface area contributed by atoms with Crippen molar-refractivity contribution in [3.8, 4) is 0 Å². The van der Waals surface area contributed by atoms with Gasteiger partial charge >= 0.3 is 5.97 Å². The highest BCUT2D eigenvalue weighted by molar-refractivity contribution is 7.10. The number of anilines is 1.